The van der Waals surface area contributed by atoms with Gasteiger partial charge >= 0.3 is 0 Å². The molecule has 1 heterocycles. The van der Waals surface area contributed by atoms with Crippen molar-refractivity contribution in [3.63, 3.8) is 0 Å². The first-order valence-corrected chi connectivity index (χ1v) is 5.44. The molecule has 2 rings (SSSR count). The minimum atomic E-state index is -0.152. The number of anilines is 1. The number of nitrogen functional groups attached to an aromatic ring is 1. The Bertz CT molecular complexity index is 323. The topological polar surface area (TPSA) is 49.5 Å². The van der Waals surface area contributed by atoms with Gasteiger partial charge in [-0.15, -0.1) is 0 Å². The molecule has 0 bridgehead atoms. The van der Waals surface area contributed by atoms with E-state index in [1.807, 2.05) is 12.1 Å². The molecule has 1 aromatic rings. The molecule has 3 N–H and O–H groups in total. The molecule has 0 radical (unpaired) electrons. The zero-order chi connectivity index (χ0) is 10.8. The number of hydrogen-bond donors (Lipinski definition) is 2. The molecule has 0 amide bonds. The molecule has 1 saturated heterocycles. The van der Waals surface area contributed by atoms with Crippen LogP contribution in [0.2, 0.25) is 0 Å². The lowest BCUT2D eigenvalue weighted by Gasteiger charge is -2.24. The zero-order valence-electron chi connectivity index (χ0n) is 9.06. The maximum absolute atomic E-state index is 9.48. The van der Waals surface area contributed by atoms with Crippen molar-refractivity contribution in [3.05, 3.63) is 29.8 Å². The first kappa shape index (κ1) is 10.5. The van der Waals surface area contributed by atoms with Crippen molar-refractivity contribution in [2.24, 2.45) is 0 Å². The first-order chi connectivity index (χ1) is 7.16. The standard InChI is InChI=1S/C12H18N2O/c1-9(14-7-6-12(15)8-14)10-2-4-11(13)5-3-10/h2-5,9,12,15H,6-8,13H2,1H3. The highest BCUT2D eigenvalue weighted by Crippen LogP contribution is 2.25. The molecule has 2 atom stereocenters. The van der Waals surface area contributed by atoms with Crippen LogP contribution in [-0.2, 0) is 0 Å². The Morgan fingerprint density at radius 2 is 2.07 bits per heavy atom. The van der Waals surface area contributed by atoms with Crippen LogP contribution in [0.3, 0.4) is 0 Å². The number of nitrogens with two attached hydrogens (primary N) is 1. The molecule has 3 nitrogen and oxygen atoms in total. The number of aliphatic hydroxyl groups excluding tert-OH is 1. The molecule has 1 aliphatic rings. The van der Waals surface area contributed by atoms with Crippen LogP contribution in [0.4, 0.5) is 5.69 Å². The van der Waals surface area contributed by atoms with Gasteiger partial charge in [-0.3, -0.25) is 4.90 Å². The van der Waals surface area contributed by atoms with Gasteiger partial charge in [0.15, 0.2) is 0 Å². The number of likely N-dealkylation sites (tertiary alicyclic amines) is 1. The highest BCUT2D eigenvalue weighted by atomic mass is 16.3. The second kappa shape index (κ2) is 4.21. The predicted octanol–water partition coefficient (Wildman–Crippen LogP) is 1.40. The van der Waals surface area contributed by atoms with E-state index in [-0.39, 0.29) is 6.10 Å². The van der Waals surface area contributed by atoms with Gasteiger partial charge in [-0.25, -0.2) is 0 Å². The molecule has 1 fully saturated rings. The SMILES string of the molecule is CC(c1ccc(N)cc1)N1CCC(O)C1. The second-order valence-corrected chi connectivity index (χ2v) is 4.28. The largest absolute Gasteiger partial charge is 0.399 e. The minimum absolute atomic E-state index is 0.152. The van der Waals surface area contributed by atoms with Crippen molar-refractivity contribution in [2.75, 3.05) is 18.8 Å². The van der Waals surface area contributed by atoms with E-state index in [1.165, 1.54) is 5.56 Å². The Kier molecular flexibility index (Phi) is 2.93. The van der Waals surface area contributed by atoms with Crippen molar-refractivity contribution < 1.29 is 5.11 Å². The third-order valence-corrected chi connectivity index (χ3v) is 3.16. The van der Waals surface area contributed by atoms with E-state index < -0.39 is 0 Å². The van der Waals surface area contributed by atoms with Gasteiger partial charge in [0.1, 0.15) is 0 Å². The third-order valence-electron chi connectivity index (χ3n) is 3.16. The van der Waals surface area contributed by atoms with Crippen LogP contribution in [0.5, 0.6) is 0 Å². The van der Waals surface area contributed by atoms with Gasteiger partial charge in [-0.05, 0) is 31.0 Å². The Morgan fingerprint density at radius 1 is 1.40 bits per heavy atom. The Balaban J connectivity index is 2.07. The summed E-state index contributed by atoms with van der Waals surface area (Å²) in [7, 11) is 0. The lowest BCUT2D eigenvalue weighted by Crippen LogP contribution is -2.25. The molecule has 82 valence electrons. The summed E-state index contributed by atoms with van der Waals surface area (Å²) >= 11 is 0. The highest BCUT2D eigenvalue weighted by molar-refractivity contribution is 5.40. The first-order valence-electron chi connectivity index (χ1n) is 5.44. The van der Waals surface area contributed by atoms with E-state index in [0.717, 1.165) is 25.2 Å². The average Bonchev–Trinajstić information content (AvgIpc) is 2.65. The molecule has 2 unspecified atom stereocenters. The summed E-state index contributed by atoms with van der Waals surface area (Å²) in [6, 6.07) is 8.34. The molecule has 15 heavy (non-hydrogen) atoms. The Morgan fingerprint density at radius 3 is 2.60 bits per heavy atom. The van der Waals surface area contributed by atoms with Crippen LogP contribution in [0.1, 0.15) is 24.9 Å². The molecular formula is C12H18N2O. The fourth-order valence-corrected chi connectivity index (χ4v) is 2.11. The van der Waals surface area contributed by atoms with E-state index in [4.69, 9.17) is 5.73 Å². The summed E-state index contributed by atoms with van der Waals surface area (Å²) in [4.78, 5) is 2.30. The average molecular weight is 206 g/mol. The van der Waals surface area contributed by atoms with Crippen LogP contribution in [0.15, 0.2) is 24.3 Å². The highest BCUT2D eigenvalue weighted by Gasteiger charge is 2.24. The third kappa shape index (κ3) is 2.30. The predicted molar refractivity (Wildman–Crippen MR) is 61.5 cm³/mol. The van der Waals surface area contributed by atoms with Crippen LogP contribution >= 0.6 is 0 Å². The van der Waals surface area contributed by atoms with Crippen molar-refractivity contribution in [1.29, 1.82) is 0 Å². The number of β-amino-alcohol motifs (C(OH)–C–C–N with tert-alkyl or cyclic N) is 1. The van der Waals surface area contributed by atoms with E-state index in [2.05, 4.69) is 24.0 Å². The summed E-state index contributed by atoms with van der Waals surface area (Å²) in [5, 5.41) is 9.48. The maximum atomic E-state index is 9.48. The minimum Gasteiger partial charge on any atom is -0.399 e. The van der Waals surface area contributed by atoms with Gasteiger partial charge in [0, 0.05) is 24.8 Å². The fraction of sp³-hybridized carbons (Fsp3) is 0.500. The van der Waals surface area contributed by atoms with Gasteiger partial charge < -0.3 is 10.8 Å². The molecular weight excluding hydrogens is 188 g/mol. The fourth-order valence-electron chi connectivity index (χ4n) is 2.11. The molecule has 0 aromatic heterocycles. The van der Waals surface area contributed by atoms with Crippen molar-refractivity contribution in [2.45, 2.75) is 25.5 Å². The van der Waals surface area contributed by atoms with Crippen LogP contribution in [-0.4, -0.2) is 29.2 Å². The van der Waals surface area contributed by atoms with Crippen LogP contribution in [0, 0.1) is 0 Å². The number of benzene rings is 1. The number of nitrogens with zero attached hydrogens (tertiary/aromatic N) is 1. The van der Waals surface area contributed by atoms with Gasteiger partial charge in [-0.1, -0.05) is 12.1 Å². The molecule has 0 saturated carbocycles. The smallest absolute Gasteiger partial charge is 0.0679 e. The van der Waals surface area contributed by atoms with Crippen molar-refractivity contribution >= 4 is 5.69 Å². The van der Waals surface area contributed by atoms with E-state index >= 15 is 0 Å². The monoisotopic (exact) mass is 206 g/mol. The molecule has 1 aromatic carbocycles. The number of aliphatic hydroxyl groups is 1. The molecule has 0 spiro atoms. The van der Waals surface area contributed by atoms with Crippen molar-refractivity contribution in [1.82, 2.24) is 4.90 Å². The summed E-state index contributed by atoms with van der Waals surface area (Å²) < 4.78 is 0. The summed E-state index contributed by atoms with van der Waals surface area (Å²) in [6.07, 6.45) is 0.737. The Hall–Kier alpha value is -1.06. The normalized spacial score (nSPS) is 24.3. The number of rotatable bonds is 2. The Labute approximate surface area is 90.5 Å². The zero-order valence-corrected chi connectivity index (χ0v) is 9.06. The molecule has 1 aliphatic heterocycles. The second-order valence-electron chi connectivity index (χ2n) is 4.28. The molecule has 0 aliphatic carbocycles. The van der Waals surface area contributed by atoms with E-state index in [1.54, 1.807) is 0 Å². The van der Waals surface area contributed by atoms with Gasteiger partial charge in [0.2, 0.25) is 0 Å². The van der Waals surface area contributed by atoms with E-state index in [9.17, 15) is 5.11 Å². The molecule has 3 heteroatoms. The summed E-state index contributed by atoms with van der Waals surface area (Å²) in [6.45, 7) is 3.93. The summed E-state index contributed by atoms with van der Waals surface area (Å²) in [5.41, 5.74) is 7.71. The lowest BCUT2D eigenvalue weighted by molar-refractivity contribution is 0.163. The van der Waals surface area contributed by atoms with Crippen molar-refractivity contribution in [3.8, 4) is 0 Å². The van der Waals surface area contributed by atoms with Crippen LogP contribution in [0.25, 0.3) is 0 Å². The van der Waals surface area contributed by atoms with Gasteiger partial charge in [0.05, 0.1) is 6.10 Å². The van der Waals surface area contributed by atoms with Crippen LogP contribution < -0.4 is 5.73 Å². The summed E-state index contributed by atoms with van der Waals surface area (Å²) in [5.74, 6) is 0. The van der Waals surface area contributed by atoms with Gasteiger partial charge in [-0.2, -0.15) is 0 Å². The quantitative estimate of drug-likeness (QED) is 0.719. The lowest BCUT2D eigenvalue weighted by atomic mass is 10.1. The maximum Gasteiger partial charge on any atom is 0.0679 e. The number of hydrogen-bond acceptors (Lipinski definition) is 3. The van der Waals surface area contributed by atoms with E-state index in [0.29, 0.717) is 6.04 Å². The van der Waals surface area contributed by atoms with Gasteiger partial charge in [0.25, 0.3) is 0 Å².